The normalized spacial score (nSPS) is 17.4. The Hall–Kier alpha value is -2.55. The van der Waals surface area contributed by atoms with E-state index in [9.17, 15) is 13.2 Å². The fourth-order valence-corrected chi connectivity index (χ4v) is 3.66. The van der Waals surface area contributed by atoms with Crippen LogP contribution in [0, 0.1) is 5.92 Å². The number of imidazole rings is 1. The number of aromatic nitrogens is 3. The molecule has 9 heteroatoms. The van der Waals surface area contributed by atoms with Gasteiger partial charge in [0.1, 0.15) is 11.6 Å². The molecule has 1 aliphatic heterocycles. The molecular formula is C21H26F3N5O. The van der Waals surface area contributed by atoms with E-state index in [0.717, 1.165) is 43.5 Å². The van der Waals surface area contributed by atoms with Crippen LogP contribution in [0.2, 0.25) is 0 Å². The van der Waals surface area contributed by atoms with Crippen LogP contribution in [0.3, 0.4) is 0 Å². The smallest absolute Gasteiger partial charge is 0.383 e. The Morgan fingerprint density at radius 1 is 1.27 bits per heavy atom. The summed E-state index contributed by atoms with van der Waals surface area (Å²) in [5.74, 6) is 0.982. The number of nitrogens with zero attached hydrogens (tertiary/aromatic N) is 4. The molecule has 1 saturated heterocycles. The summed E-state index contributed by atoms with van der Waals surface area (Å²) in [4.78, 5) is 10.6. The fraction of sp³-hybridized carbons (Fsp3) is 0.524. The van der Waals surface area contributed by atoms with Crippen molar-refractivity contribution >= 4 is 5.82 Å². The molecule has 0 atom stereocenters. The Balaban J connectivity index is 1.55. The molecular weight excluding hydrogens is 395 g/mol. The van der Waals surface area contributed by atoms with Crippen molar-refractivity contribution in [3.05, 3.63) is 42.1 Å². The quantitative estimate of drug-likeness (QED) is 0.738. The summed E-state index contributed by atoms with van der Waals surface area (Å²) in [5, 5.41) is 0. The zero-order valence-corrected chi connectivity index (χ0v) is 16.8. The molecule has 30 heavy (non-hydrogen) atoms. The van der Waals surface area contributed by atoms with Crippen molar-refractivity contribution in [3.8, 4) is 11.3 Å². The summed E-state index contributed by atoms with van der Waals surface area (Å²) in [6.07, 6.45) is 2.54. The van der Waals surface area contributed by atoms with Gasteiger partial charge in [-0.2, -0.15) is 13.2 Å². The second-order valence-corrected chi connectivity index (χ2v) is 7.95. The van der Waals surface area contributed by atoms with Gasteiger partial charge in [-0.25, -0.2) is 9.97 Å². The molecule has 1 saturated carbocycles. The number of ether oxygens (including phenoxy) is 1. The molecule has 0 spiro atoms. The maximum atomic E-state index is 13.2. The number of rotatable bonds is 7. The molecule has 0 unspecified atom stereocenters. The second-order valence-electron chi connectivity index (χ2n) is 7.95. The minimum atomic E-state index is -4.55. The zero-order valence-electron chi connectivity index (χ0n) is 16.8. The number of nitrogen functional groups attached to an aromatic ring is 1. The summed E-state index contributed by atoms with van der Waals surface area (Å²) in [6, 6.07) is 1.03. The molecule has 4 rings (SSSR count). The number of pyridine rings is 1. The predicted molar refractivity (Wildman–Crippen MR) is 107 cm³/mol. The Morgan fingerprint density at radius 3 is 2.67 bits per heavy atom. The Labute approximate surface area is 173 Å². The highest BCUT2D eigenvalue weighted by atomic mass is 19.4. The highest BCUT2D eigenvalue weighted by Gasteiger charge is 2.34. The Morgan fingerprint density at radius 2 is 2.00 bits per heavy atom. The minimum Gasteiger partial charge on any atom is -0.383 e. The fourth-order valence-electron chi connectivity index (χ4n) is 3.66. The average molecular weight is 421 g/mol. The first-order chi connectivity index (χ1) is 14.3. The highest BCUT2D eigenvalue weighted by molar-refractivity contribution is 5.62. The summed E-state index contributed by atoms with van der Waals surface area (Å²) >= 11 is 0. The van der Waals surface area contributed by atoms with Gasteiger partial charge in [0.2, 0.25) is 0 Å². The van der Waals surface area contributed by atoms with Crippen molar-refractivity contribution in [1.29, 1.82) is 0 Å². The van der Waals surface area contributed by atoms with E-state index in [1.54, 1.807) is 0 Å². The van der Waals surface area contributed by atoms with Crippen LogP contribution < -0.4 is 5.73 Å². The van der Waals surface area contributed by atoms with Crippen molar-refractivity contribution in [2.24, 2.45) is 5.92 Å². The van der Waals surface area contributed by atoms with Gasteiger partial charge in [0.25, 0.3) is 0 Å². The summed E-state index contributed by atoms with van der Waals surface area (Å²) in [6.45, 7) is 7.95. The van der Waals surface area contributed by atoms with Gasteiger partial charge >= 0.3 is 6.18 Å². The lowest BCUT2D eigenvalue weighted by atomic mass is 10.1. The van der Waals surface area contributed by atoms with Gasteiger partial charge in [-0.1, -0.05) is 6.58 Å². The standard InChI is InChI=1S/C21H26F3N5O/c1-14(28-6-8-30-9-7-28)4-5-29-13-18(27-19(29)10-15-2-3-15)16-11-17(21(22,23)24)20(25)26-12-16/h11-13,15H,1-10H2,(H2,25,26). The number of halogens is 3. The molecule has 2 aromatic heterocycles. The molecule has 2 N–H and O–H groups in total. The molecule has 0 aromatic carbocycles. The number of anilines is 1. The van der Waals surface area contributed by atoms with Gasteiger partial charge in [0, 0.05) is 56.1 Å². The zero-order chi connectivity index (χ0) is 21.3. The maximum Gasteiger partial charge on any atom is 0.419 e. The summed E-state index contributed by atoms with van der Waals surface area (Å²) in [5.41, 5.74) is 6.35. The molecule has 3 heterocycles. The van der Waals surface area contributed by atoms with Crippen LogP contribution in [0.4, 0.5) is 19.0 Å². The average Bonchev–Trinajstić information content (AvgIpc) is 3.44. The van der Waals surface area contributed by atoms with Crippen LogP contribution in [0.15, 0.2) is 30.7 Å². The molecule has 2 fully saturated rings. The van der Waals surface area contributed by atoms with Crippen LogP contribution >= 0.6 is 0 Å². The van der Waals surface area contributed by atoms with Crippen molar-refractivity contribution in [2.75, 3.05) is 32.0 Å². The second kappa shape index (κ2) is 8.29. The van der Waals surface area contributed by atoms with E-state index >= 15 is 0 Å². The molecule has 2 aliphatic rings. The predicted octanol–water partition coefficient (Wildman–Crippen LogP) is 3.73. The van der Waals surface area contributed by atoms with Gasteiger partial charge in [-0.15, -0.1) is 0 Å². The van der Waals surface area contributed by atoms with E-state index < -0.39 is 17.6 Å². The lowest BCUT2D eigenvalue weighted by molar-refractivity contribution is -0.137. The number of morpholine rings is 1. The lowest BCUT2D eigenvalue weighted by Gasteiger charge is -2.30. The van der Waals surface area contributed by atoms with E-state index in [1.165, 1.54) is 19.0 Å². The largest absolute Gasteiger partial charge is 0.419 e. The van der Waals surface area contributed by atoms with E-state index in [1.807, 2.05) is 10.8 Å². The number of alkyl halides is 3. The monoisotopic (exact) mass is 421 g/mol. The number of hydrogen-bond donors (Lipinski definition) is 1. The van der Waals surface area contributed by atoms with Crippen molar-refractivity contribution in [1.82, 2.24) is 19.4 Å². The minimum absolute atomic E-state index is 0.319. The molecule has 0 bridgehead atoms. The molecule has 6 nitrogen and oxygen atoms in total. The molecule has 0 amide bonds. The SMILES string of the molecule is C=C(CCn1cc(-c2cnc(N)c(C(F)(F)F)c2)nc1CC1CC1)N1CCOCC1. The number of nitrogens with two attached hydrogens (primary N) is 1. The van der Waals surface area contributed by atoms with E-state index in [2.05, 4.69) is 21.4 Å². The maximum absolute atomic E-state index is 13.2. The van der Waals surface area contributed by atoms with Gasteiger partial charge in [0.15, 0.2) is 0 Å². The van der Waals surface area contributed by atoms with Crippen LogP contribution in [-0.2, 0) is 23.9 Å². The Kier molecular flexibility index (Phi) is 5.73. The first-order valence-electron chi connectivity index (χ1n) is 10.2. The first kappa shape index (κ1) is 20.7. The molecule has 162 valence electrons. The van der Waals surface area contributed by atoms with Crippen molar-refractivity contribution in [3.63, 3.8) is 0 Å². The van der Waals surface area contributed by atoms with Gasteiger partial charge in [-0.3, -0.25) is 0 Å². The molecule has 1 aliphatic carbocycles. The van der Waals surface area contributed by atoms with Gasteiger partial charge < -0.3 is 19.9 Å². The highest BCUT2D eigenvalue weighted by Crippen LogP contribution is 2.36. The van der Waals surface area contributed by atoms with Crippen molar-refractivity contribution in [2.45, 2.75) is 38.4 Å². The van der Waals surface area contributed by atoms with Crippen LogP contribution in [0.25, 0.3) is 11.3 Å². The first-order valence-corrected chi connectivity index (χ1v) is 10.2. The van der Waals surface area contributed by atoms with E-state index in [0.29, 0.717) is 36.9 Å². The van der Waals surface area contributed by atoms with Gasteiger partial charge in [0.05, 0.1) is 24.5 Å². The molecule has 0 radical (unpaired) electrons. The van der Waals surface area contributed by atoms with E-state index in [4.69, 9.17) is 10.5 Å². The Bertz CT molecular complexity index is 914. The van der Waals surface area contributed by atoms with Crippen LogP contribution in [0.1, 0.15) is 30.7 Å². The third-order valence-electron chi connectivity index (χ3n) is 5.65. The molecule has 2 aromatic rings. The van der Waals surface area contributed by atoms with Crippen LogP contribution in [-0.4, -0.2) is 45.7 Å². The van der Waals surface area contributed by atoms with Gasteiger partial charge in [-0.05, 0) is 24.8 Å². The number of aryl methyl sites for hydroxylation is 1. The van der Waals surface area contributed by atoms with Crippen LogP contribution in [0.5, 0.6) is 0 Å². The third kappa shape index (κ3) is 4.77. The van der Waals surface area contributed by atoms with E-state index in [-0.39, 0.29) is 0 Å². The number of allylic oxidation sites excluding steroid dienone is 1. The topological polar surface area (TPSA) is 69.2 Å². The lowest BCUT2D eigenvalue weighted by Crippen LogP contribution is -2.35. The summed E-state index contributed by atoms with van der Waals surface area (Å²) < 4.78 is 47.1. The third-order valence-corrected chi connectivity index (χ3v) is 5.65. The summed E-state index contributed by atoms with van der Waals surface area (Å²) in [7, 11) is 0. The van der Waals surface area contributed by atoms with Crippen molar-refractivity contribution < 1.29 is 17.9 Å². The number of hydrogen-bond acceptors (Lipinski definition) is 5.